The standard InChI is InChI=1S/C24H32N2O5.C21H29FN2O2/c1-17-4-6-20(30-17)15-26(13-8-18-5-7-21(28-2)22(14-18)29-3)24(27)31-23-16-25-11-9-19(23)10-12-25;22-18-8-4-5-9-19(18)24(14-16-6-2-1-3-7-16)21(25)26-20-15-23-12-10-17(20)11-13-23/h4-7,14,19,23H,8-13,15-16H2,1-3H3;4-5,8-9,16-17,20H,1-3,6-7,10-15H2/t23-;20-/m00/s1. The van der Waals surface area contributed by atoms with Gasteiger partial charge < -0.3 is 28.3 Å². The predicted octanol–water partition coefficient (Wildman–Crippen LogP) is 8.32. The molecule has 57 heavy (non-hydrogen) atoms. The van der Waals surface area contributed by atoms with Crippen molar-refractivity contribution in [3.8, 4) is 11.5 Å². The Kier molecular flexibility index (Phi) is 13.9. The third-order valence-corrected chi connectivity index (χ3v) is 12.7. The molecule has 0 unspecified atom stereocenters. The molecule has 6 saturated heterocycles. The lowest BCUT2D eigenvalue weighted by Crippen LogP contribution is -2.53. The van der Waals surface area contributed by atoms with Crippen LogP contribution in [0.5, 0.6) is 11.5 Å². The molecule has 12 heteroatoms. The quantitative estimate of drug-likeness (QED) is 0.180. The van der Waals surface area contributed by atoms with Crippen molar-refractivity contribution in [2.45, 2.75) is 89.9 Å². The van der Waals surface area contributed by atoms with Gasteiger partial charge in [-0.3, -0.25) is 14.7 Å². The van der Waals surface area contributed by atoms with Gasteiger partial charge in [0.1, 0.15) is 29.5 Å². The number of amides is 2. The molecule has 7 heterocycles. The summed E-state index contributed by atoms with van der Waals surface area (Å²) in [5, 5.41) is 0. The fraction of sp³-hybridized carbons (Fsp3) is 0.600. The first-order chi connectivity index (χ1) is 27.8. The molecule has 1 saturated carbocycles. The number of methoxy groups -OCH3 is 2. The molecule has 0 spiro atoms. The van der Waals surface area contributed by atoms with E-state index in [4.69, 9.17) is 23.4 Å². The number of para-hydroxylation sites is 1. The first kappa shape index (κ1) is 40.9. The van der Waals surface area contributed by atoms with Crippen molar-refractivity contribution in [2.75, 3.05) is 71.5 Å². The summed E-state index contributed by atoms with van der Waals surface area (Å²) < 4.78 is 42.8. The fourth-order valence-electron chi connectivity index (χ4n) is 9.35. The van der Waals surface area contributed by atoms with E-state index in [0.717, 1.165) is 94.9 Å². The van der Waals surface area contributed by atoms with Gasteiger partial charge in [-0.15, -0.1) is 0 Å². The number of ether oxygens (including phenoxy) is 4. The highest BCUT2D eigenvalue weighted by Gasteiger charge is 2.39. The predicted molar refractivity (Wildman–Crippen MR) is 216 cm³/mol. The molecule has 2 atom stereocenters. The second-order valence-corrected chi connectivity index (χ2v) is 16.6. The van der Waals surface area contributed by atoms with Crippen LogP contribution in [0.15, 0.2) is 59.0 Å². The van der Waals surface area contributed by atoms with Crippen molar-refractivity contribution in [3.63, 3.8) is 0 Å². The van der Waals surface area contributed by atoms with E-state index in [2.05, 4.69) is 9.80 Å². The Hall–Kier alpha value is -4.29. The van der Waals surface area contributed by atoms with Gasteiger partial charge in [0.25, 0.3) is 0 Å². The second kappa shape index (κ2) is 19.4. The van der Waals surface area contributed by atoms with Crippen molar-refractivity contribution in [3.05, 3.63) is 77.5 Å². The Bertz CT molecular complexity index is 1770. The number of nitrogens with zero attached hydrogens (tertiary/aromatic N) is 4. The third kappa shape index (κ3) is 10.6. The number of piperidine rings is 6. The molecule has 0 N–H and O–H groups in total. The third-order valence-electron chi connectivity index (χ3n) is 12.7. The zero-order valence-electron chi connectivity index (χ0n) is 34.0. The van der Waals surface area contributed by atoms with Crippen LogP contribution >= 0.6 is 0 Å². The van der Waals surface area contributed by atoms with Crippen LogP contribution in [0, 0.1) is 30.5 Å². The van der Waals surface area contributed by atoms with Gasteiger partial charge in [0.2, 0.25) is 0 Å². The van der Waals surface area contributed by atoms with E-state index in [1.165, 1.54) is 25.3 Å². The first-order valence-electron chi connectivity index (χ1n) is 21.2. The van der Waals surface area contributed by atoms with Crippen LogP contribution in [-0.4, -0.2) is 106 Å². The number of fused-ring (bicyclic) bond motifs is 6. The average Bonchev–Trinajstić information content (AvgIpc) is 3.67. The average molecular weight is 789 g/mol. The van der Waals surface area contributed by atoms with Crippen LogP contribution in [0.3, 0.4) is 0 Å². The van der Waals surface area contributed by atoms with E-state index in [0.29, 0.717) is 61.0 Å². The topological polar surface area (TPSA) is 97.2 Å². The molecule has 7 fully saturated rings. The number of hydrogen-bond acceptors (Lipinski definition) is 9. The molecule has 3 aromatic rings. The summed E-state index contributed by atoms with van der Waals surface area (Å²) in [6.45, 7) is 9.50. The Morgan fingerprint density at radius 2 is 1.40 bits per heavy atom. The molecule has 310 valence electrons. The van der Waals surface area contributed by atoms with Crippen LogP contribution in [0.1, 0.15) is 74.9 Å². The molecular formula is C45H61FN4O7. The Morgan fingerprint density at radius 3 is 1.96 bits per heavy atom. The van der Waals surface area contributed by atoms with Crippen molar-refractivity contribution < 1.29 is 37.3 Å². The number of benzene rings is 2. The summed E-state index contributed by atoms with van der Waals surface area (Å²) in [5.74, 6) is 3.99. The minimum Gasteiger partial charge on any atom is -0.493 e. The molecular weight excluding hydrogens is 728 g/mol. The number of anilines is 1. The smallest absolute Gasteiger partial charge is 0.414 e. The molecule has 7 aliphatic rings. The minimum atomic E-state index is -0.376. The SMILES string of the molecule is COc1ccc(CCN(Cc2ccc(C)o2)C(=O)O[C@H]2CN3CCC2CC3)cc1OC.O=C(O[C@H]1CN2CCC1CC2)N(CC1CCCCC1)c1ccccc1F. The number of carbonyl (C=O) groups is 2. The molecule has 4 bridgehead atoms. The largest absolute Gasteiger partial charge is 0.493 e. The molecule has 1 aliphatic carbocycles. The summed E-state index contributed by atoms with van der Waals surface area (Å²) in [5.41, 5.74) is 1.42. The maximum atomic E-state index is 14.4. The van der Waals surface area contributed by atoms with E-state index < -0.39 is 0 Å². The number of aryl methyl sites for hydroxylation is 1. The van der Waals surface area contributed by atoms with Gasteiger partial charge in [-0.1, -0.05) is 37.5 Å². The maximum Gasteiger partial charge on any atom is 0.414 e. The highest BCUT2D eigenvalue weighted by atomic mass is 19.1. The summed E-state index contributed by atoms with van der Waals surface area (Å²) in [6, 6.07) is 16.2. The molecule has 2 aromatic carbocycles. The van der Waals surface area contributed by atoms with Crippen LogP contribution in [0.25, 0.3) is 0 Å². The van der Waals surface area contributed by atoms with Gasteiger partial charge in [0, 0.05) is 26.2 Å². The van der Waals surface area contributed by atoms with Crippen LogP contribution in [-0.2, 0) is 22.4 Å². The second-order valence-electron chi connectivity index (χ2n) is 16.6. The lowest BCUT2D eigenvalue weighted by atomic mass is 9.86. The van der Waals surface area contributed by atoms with Crippen molar-refractivity contribution >= 4 is 17.9 Å². The van der Waals surface area contributed by atoms with E-state index in [-0.39, 0.29) is 30.2 Å². The number of hydrogen-bond donors (Lipinski definition) is 0. The van der Waals surface area contributed by atoms with Gasteiger partial charge >= 0.3 is 12.2 Å². The monoisotopic (exact) mass is 788 g/mol. The minimum absolute atomic E-state index is 0.0167. The van der Waals surface area contributed by atoms with Crippen molar-refractivity contribution in [1.29, 1.82) is 0 Å². The lowest BCUT2D eigenvalue weighted by Gasteiger charge is -2.44. The number of furan rings is 1. The van der Waals surface area contributed by atoms with Crippen molar-refractivity contribution in [2.24, 2.45) is 17.8 Å². The zero-order valence-corrected chi connectivity index (χ0v) is 34.0. The van der Waals surface area contributed by atoms with E-state index in [1.54, 1.807) is 42.2 Å². The summed E-state index contributed by atoms with van der Waals surface area (Å²) in [4.78, 5) is 34.2. The van der Waals surface area contributed by atoms with E-state index in [1.807, 2.05) is 37.3 Å². The Morgan fingerprint density at radius 1 is 0.772 bits per heavy atom. The first-order valence-corrected chi connectivity index (χ1v) is 21.2. The normalized spacial score (nSPS) is 25.2. The summed E-state index contributed by atoms with van der Waals surface area (Å²) in [7, 11) is 3.24. The van der Waals surface area contributed by atoms with Crippen LogP contribution < -0.4 is 14.4 Å². The number of halogens is 1. The van der Waals surface area contributed by atoms with Crippen molar-refractivity contribution in [1.82, 2.24) is 14.7 Å². The maximum absolute atomic E-state index is 14.4. The Labute approximate surface area is 337 Å². The van der Waals surface area contributed by atoms with Gasteiger partial charge in [-0.2, -0.15) is 0 Å². The Balaban J connectivity index is 0.000000177. The van der Waals surface area contributed by atoms with E-state index in [9.17, 15) is 14.0 Å². The molecule has 6 aliphatic heterocycles. The molecule has 1 aromatic heterocycles. The fourth-order valence-corrected chi connectivity index (χ4v) is 9.35. The summed E-state index contributed by atoms with van der Waals surface area (Å²) in [6.07, 6.45) is 10.3. The summed E-state index contributed by atoms with van der Waals surface area (Å²) >= 11 is 0. The lowest BCUT2D eigenvalue weighted by molar-refractivity contribution is -0.0446. The molecule has 10 rings (SSSR count). The van der Waals surface area contributed by atoms with Gasteiger partial charge in [0.15, 0.2) is 11.5 Å². The van der Waals surface area contributed by atoms with E-state index >= 15 is 0 Å². The van der Waals surface area contributed by atoms with Gasteiger partial charge in [0.05, 0.1) is 26.5 Å². The number of carbonyl (C=O) groups excluding carboxylic acids is 2. The van der Waals surface area contributed by atoms with Crippen LogP contribution in [0.4, 0.5) is 19.7 Å². The van der Waals surface area contributed by atoms with Gasteiger partial charge in [-0.25, -0.2) is 14.0 Å². The highest BCUT2D eigenvalue weighted by Crippen LogP contribution is 2.34. The number of rotatable bonds is 12. The molecule has 0 radical (unpaired) electrons. The highest BCUT2D eigenvalue weighted by molar-refractivity contribution is 5.88. The van der Waals surface area contributed by atoms with Gasteiger partial charge in [-0.05, 0) is 138 Å². The molecule has 2 amide bonds. The zero-order chi connectivity index (χ0) is 39.7. The molecule has 11 nitrogen and oxygen atoms in total. The van der Waals surface area contributed by atoms with Crippen LogP contribution in [0.2, 0.25) is 0 Å².